The normalized spacial score (nSPS) is 36.6. The van der Waals surface area contributed by atoms with E-state index in [-0.39, 0.29) is 30.2 Å². The highest BCUT2D eigenvalue weighted by molar-refractivity contribution is 6.03. The number of hydrogen-bond acceptors (Lipinski definition) is 3. The molecule has 0 aromatic heterocycles. The summed E-state index contributed by atoms with van der Waals surface area (Å²) in [6.07, 6.45) is 9.93. The summed E-state index contributed by atoms with van der Waals surface area (Å²) in [4.78, 5) is 24.9. The van der Waals surface area contributed by atoms with Crippen molar-refractivity contribution >= 4 is 11.8 Å². The fraction of sp³-hybridized carbons (Fsp3) is 0.565. The molecule has 3 aliphatic carbocycles. The molecule has 0 aliphatic heterocycles. The van der Waals surface area contributed by atoms with Crippen LogP contribution in [0.3, 0.4) is 0 Å². The lowest BCUT2D eigenvalue weighted by atomic mass is 9.48. The molecule has 0 N–H and O–H groups in total. The fourth-order valence-electron chi connectivity index (χ4n) is 5.66. The van der Waals surface area contributed by atoms with E-state index in [1.807, 2.05) is 13.0 Å². The van der Waals surface area contributed by atoms with Gasteiger partial charge in [0.15, 0.2) is 5.78 Å². The van der Waals surface area contributed by atoms with Gasteiger partial charge in [-0.3, -0.25) is 9.59 Å². The average molecular weight is 354 g/mol. The molecule has 0 aromatic rings. The van der Waals surface area contributed by atoms with Gasteiger partial charge in [0.1, 0.15) is 6.61 Å². The van der Waals surface area contributed by atoms with Crippen molar-refractivity contribution in [3.05, 3.63) is 46.6 Å². The molecule has 3 aliphatic rings. The average Bonchev–Trinajstić information content (AvgIpc) is 2.55. The van der Waals surface area contributed by atoms with Crippen molar-refractivity contribution in [2.24, 2.45) is 29.1 Å². The summed E-state index contributed by atoms with van der Waals surface area (Å²) < 4.78 is 5.21. The lowest BCUT2D eigenvalue weighted by molar-refractivity contribution is -0.141. The number of carbonyl (C=O) groups excluding carboxylic acids is 2. The van der Waals surface area contributed by atoms with Gasteiger partial charge in [-0.05, 0) is 50.7 Å². The molecule has 0 heterocycles. The molecule has 3 heteroatoms. The van der Waals surface area contributed by atoms with E-state index < -0.39 is 5.41 Å². The zero-order valence-electron chi connectivity index (χ0n) is 16.8. The summed E-state index contributed by atoms with van der Waals surface area (Å²) in [5, 5.41) is 0. The van der Waals surface area contributed by atoms with Gasteiger partial charge in [0.25, 0.3) is 0 Å². The van der Waals surface area contributed by atoms with Gasteiger partial charge < -0.3 is 4.74 Å². The predicted molar refractivity (Wildman–Crippen MR) is 103 cm³/mol. The van der Waals surface area contributed by atoms with Gasteiger partial charge in [0.2, 0.25) is 0 Å². The molecule has 0 amide bonds. The smallest absolute Gasteiger partial charge is 0.302 e. The molecule has 3 rings (SSSR count). The van der Waals surface area contributed by atoms with Crippen molar-refractivity contribution in [2.75, 3.05) is 6.61 Å². The van der Waals surface area contributed by atoms with E-state index in [1.165, 1.54) is 23.6 Å². The Balaban J connectivity index is 2.17. The minimum atomic E-state index is -0.518. The zero-order chi connectivity index (χ0) is 19.2. The molecule has 140 valence electrons. The second-order valence-corrected chi connectivity index (χ2v) is 8.46. The van der Waals surface area contributed by atoms with Crippen LogP contribution in [-0.4, -0.2) is 18.4 Å². The Labute approximate surface area is 156 Å². The van der Waals surface area contributed by atoms with Crippen LogP contribution in [0.2, 0.25) is 0 Å². The number of esters is 1. The molecule has 0 fully saturated rings. The molecule has 3 nitrogen and oxygen atoms in total. The Morgan fingerprint density at radius 2 is 2.04 bits per heavy atom. The maximum absolute atomic E-state index is 13.6. The van der Waals surface area contributed by atoms with Crippen LogP contribution in [0.1, 0.15) is 48.0 Å². The van der Waals surface area contributed by atoms with E-state index in [0.29, 0.717) is 17.4 Å². The number of allylic oxidation sites excluding steroid dienone is 7. The van der Waals surface area contributed by atoms with Crippen LogP contribution in [0.15, 0.2) is 46.6 Å². The quantitative estimate of drug-likeness (QED) is 0.540. The minimum absolute atomic E-state index is 0.0667. The molecule has 0 bridgehead atoms. The predicted octanol–water partition coefficient (Wildman–Crippen LogP) is 4.81. The van der Waals surface area contributed by atoms with Crippen molar-refractivity contribution in [1.82, 2.24) is 0 Å². The van der Waals surface area contributed by atoms with Crippen LogP contribution < -0.4 is 0 Å². The molecule has 5 unspecified atom stereocenters. The van der Waals surface area contributed by atoms with Gasteiger partial charge in [-0.1, -0.05) is 43.2 Å². The number of Topliss-reactive ketones (excluding diaryl/α,β-unsaturated/α-hetero) is 1. The van der Waals surface area contributed by atoms with E-state index in [4.69, 9.17) is 4.74 Å². The van der Waals surface area contributed by atoms with Crippen molar-refractivity contribution in [1.29, 1.82) is 0 Å². The highest BCUT2D eigenvalue weighted by Gasteiger charge is 2.57. The van der Waals surface area contributed by atoms with Crippen LogP contribution in [0.25, 0.3) is 0 Å². The first-order chi connectivity index (χ1) is 12.2. The largest absolute Gasteiger partial charge is 0.461 e. The third-order valence-corrected chi connectivity index (χ3v) is 6.55. The summed E-state index contributed by atoms with van der Waals surface area (Å²) in [6.45, 7) is 12.2. The number of carbonyl (C=O) groups is 2. The zero-order valence-corrected chi connectivity index (χ0v) is 16.8. The van der Waals surface area contributed by atoms with Crippen molar-refractivity contribution in [2.45, 2.75) is 48.0 Å². The highest BCUT2D eigenvalue weighted by Crippen LogP contribution is 2.59. The summed E-state index contributed by atoms with van der Waals surface area (Å²) >= 11 is 0. The Bertz CT molecular complexity index is 764. The number of ketones is 1. The lowest BCUT2D eigenvalue weighted by Crippen LogP contribution is -2.53. The molecular weight excluding hydrogens is 324 g/mol. The Morgan fingerprint density at radius 3 is 2.65 bits per heavy atom. The van der Waals surface area contributed by atoms with Gasteiger partial charge >= 0.3 is 5.97 Å². The van der Waals surface area contributed by atoms with Crippen LogP contribution in [0, 0.1) is 29.1 Å². The summed E-state index contributed by atoms with van der Waals surface area (Å²) in [5.74, 6) is 0.967. The summed E-state index contributed by atoms with van der Waals surface area (Å²) in [6, 6.07) is 0. The van der Waals surface area contributed by atoms with Crippen molar-refractivity contribution < 1.29 is 14.3 Å². The van der Waals surface area contributed by atoms with Gasteiger partial charge in [-0.25, -0.2) is 0 Å². The maximum Gasteiger partial charge on any atom is 0.302 e. The van der Waals surface area contributed by atoms with Crippen molar-refractivity contribution in [3.8, 4) is 0 Å². The Morgan fingerprint density at radius 1 is 1.35 bits per heavy atom. The SMILES string of the molecule is CC=C(C)C1C(C)=CC2CC(C)C=C3C=C(COC(C)=O)C(=O)C1(C)C32. The monoisotopic (exact) mass is 354 g/mol. The summed E-state index contributed by atoms with van der Waals surface area (Å²) in [5.41, 5.74) is 3.88. The van der Waals surface area contributed by atoms with Gasteiger partial charge in [-0.15, -0.1) is 0 Å². The minimum Gasteiger partial charge on any atom is -0.461 e. The number of hydrogen-bond donors (Lipinski definition) is 0. The first-order valence-corrected chi connectivity index (χ1v) is 9.61. The van der Waals surface area contributed by atoms with Crippen LogP contribution >= 0.6 is 0 Å². The van der Waals surface area contributed by atoms with Gasteiger partial charge in [0, 0.05) is 29.7 Å². The third kappa shape index (κ3) is 2.82. The van der Waals surface area contributed by atoms with Gasteiger partial charge in [0.05, 0.1) is 0 Å². The van der Waals surface area contributed by atoms with Crippen LogP contribution in [-0.2, 0) is 14.3 Å². The standard InChI is InChI=1S/C23H30O3/c1-7-14(3)20-15(4)10-17-8-13(2)9-18-11-19(12-26-16(5)24)22(25)23(20,6)21(17)18/h7,9-11,13,17,20-21H,8,12H2,1-6H3. The third-order valence-electron chi connectivity index (χ3n) is 6.55. The molecular formula is C23H30O3. The maximum atomic E-state index is 13.6. The molecule has 26 heavy (non-hydrogen) atoms. The molecule has 0 radical (unpaired) electrons. The Hall–Kier alpha value is -1.90. The molecule has 0 aromatic carbocycles. The Kier molecular flexibility index (Phi) is 4.85. The van der Waals surface area contributed by atoms with E-state index >= 15 is 0 Å². The van der Waals surface area contributed by atoms with E-state index in [0.717, 1.165) is 6.42 Å². The molecule has 0 saturated heterocycles. The molecule has 0 saturated carbocycles. The second-order valence-electron chi connectivity index (χ2n) is 8.46. The molecule has 0 spiro atoms. The molecule has 5 atom stereocenters. The van der Waals surface area contributed by atoms with E-state index in [9.17, 15) is 9.59 Å². The van der Waals surface area contributed by atoms with E-state index in [2.05, 4.69) is 45.9 Å². The van der Waals surface area contributed by atoms with Gasteiger partial charge in [-0.2, -0.15) is 0 Å². The van der Waals surface area contributed by atoms with Crippen LogP contribution in [0.5, 0.6) is 0 Å². The first-order valence-electron chi connectivity index (χ1n) is 9.61. The second kappa shape index (κ2) is 6.68. The summed E-state index contributed by atoms with van der Waals surface area (Å²) in [7, 11) is 0. The lowest BCUT2D eigenvalue weighted by Gasteiger charge is -2.54. The van der Waals surface area contributed by atoms with Crippen LogP contribution in [0.4, 0.5) is 0 Å². The number of rotatable bonds is 3. The first kappa shape index (κ1) is 18.9. The van der Waals surface area contributed by atoms with E-state index in [1.54, 1.807) is 0 Å². The topological polar surface area (TPSA) is 43.4 Å². The highest BCUT2D eigenvalue weighted by atomic mass is 16.5. The van der Waals surface area contributed by atoms with Crippen molar-refractivity contribution in [3.63, 3.8) is 0 Å². The number of ether oxygens (including phenoxy) is 1. The fourth-order valence-corrected chi connectivity index (χ4v) is 5.66.